The number of hydrogen-bond acceptors (Lipinski definition) is 7. The highest BCUT2D eigenvalue weighted by molar-refractivity contribution is 7.09. The summed E-state index contributed by atoms with van der Waals surface area (Å²) in [4.78, 5) is 33.2. The zero-order valence-electron chi connectivity index (χ0n) is 33.5. The number of thiazole rings is 1. The molecule has 2 heterocycles. The van der Waals surface area contributed by atoms with Gasteiger partial charge in [-0.1, -0.05) is 87.5 Å². The second kappa shape index (κ2) is 18.0. The minimum absolute atomic E-state index is 0.107. The molecule has 51 heavy (non-hydrogen) atoms. The van der Waals surface area contributed by atoms with E-state index in [2.05, 4.69) is 59.6 Å². The van der Waals surface area contributed by atoms with Crippen LogP contribution in [0.2, 0.25) is 36.3 Å². The molecule has 0 N–H and O–H groups in total. The van der Waals surface area contributed by atoms with Crippen LogP contribution in [0.4, 0.5) is 13.2 Å². The van der Waals surface area contributed by atoms with Crippen molar-refractivity contribution in [3.63, 3.8) is 0 Å². The lowest BCUT2D eigenvalue weighted by Gasteiger charge is -2.45. The summed E-state index contributed by atoms with van der Waals surface area (Å²) in [6.45, 7) is 27.9. The predicted octanol–water partition coefficient (Wildman–Crippen LogP) is 11.6. The van der Waals surface area contributed by atoms with Crippen molar-refractivity contribution in [3.8, 4) is 0 Å². The number of esters is 1. The van der Waals surface area contributed by atoms with Crippen molar-refractivity contribution in [3.05, 3.63) is 45.5 Å². The van der Waals surface area contributed by atoms with Gasteiger partial charge in [-0.15, -0.1) is 11.3 Å². The molecule has 1 aromatic heterocycles. The number of cyclic esters (lactones) is 1. The van der Waals surface area contributed by atoms with Crippen molar-refractivity contribution < 1.29 is 36.3 Å². The quantitative estimate of drug-likeness (QED) is 0.141. The fourth-order valence-corrected chi connectivity index (χ4v) is 11.4. The van der Waals surface area contributed by atoms with E-state index in [1.54, 1.807) is 19.1 Å². The summed E-state index contributed by atoms with van der Waals surface area (Å²) >= 11 is 1.46. The lowest BCUT2D eigenvalue weighted by molar-refractivity contribution is -0.153. The minimum Gasteiger partial charge on any atom is -0.457 e. The lowest BCUT2D eigenvalue weighted by Crippen LogP contribution is -2.53. The molecule has 1 aliphatic rings. The summed E-state index contributed by atoms with van der Waals surface area (Å²) in [5.41, 5.74) is -0.609. The fraction of sp³-hybridized carbons (Fsp3) is 0.718. The van der Waals surface area contributed by atoms with Crippen LogP contribution in [0, 0.1) is 24.2 Å². The van der Waals surface area contributed by atoms with E-state index in [9.17, 15) is 22.8 Å². The zero-order valence-corrected chi connectivity index (χ0v) is 36.4. The molecule has 290 valence electrons. The van der Waals surface area contributed by atoms with Crippen LogP contribution in [0.5, 0.6) is 0 Å². The standard InChI is InChI=1S/C39H64F3NO5SSi2/c1-15-51(16-2,17-3)47-33-24-34(44)46-32(27(5)23-31-25-49-29(7)43-31)22-21-30(39(40,41)42)20-18-19-26(4)35(28(6)36(45)38(33,11)12)48-50(13,14)37(8,9)10/h18-19,21,23,25-26,28,32-33,35H,15-17,20,22,24H2,1-14H3/b19-18+,27-23+,30-21+/t26-,28?,32?,33-,35-/m0/s1. The predicted molar refractivity (Wildman–Crippen MR) is 209 cm³/mol. The first-order valence-electron chi connectivity index (χ1n) is 18.5. The van der Waals surface area contributed by atoms with E-state index in [4.69, 9.17) is 13.6 Å². The van der Waals surface area contributed by atoms with Crippen LogP contribution in [0.15, 0.2) is 34.8 Å². The molecule has 1 aliphatic heterocycles. The van der Waals surface area contributed by atoms with Crippen LogP contribution in [-0.2, 0) is 23.2 Å². The number of alkyl halides is 3. The highest BCUT2D eigenvalue weighted by Crippen LogP contribution is 2.42. The van der Waals surface area contributed by atoms with E-state index < -0.39 is 64.0 Å². The van der Waals surface area contributed by atoms with Crippen LogP contribution in [0.3, 0.4) is 0 Å². The summed E-state index contributed by atoms with van der Waals surface area (Å²) < 4.78 is 63.2. The Bertz CT molecular complexity index is 1410. The number of allylic oxidation sites excluding steroid dienone is 2. The maximum absolute atomic E-state index is 14.8. The number of aryl methyl sites for hydroxylation is 1. The lowest BCUT2D eigenvalue weighted by atomic mass is 9.73. The molecule has 5 atom stereocenters. The smallest absolute Gasteiger partial charge is 0.412 e. The van der Waals surface area contributed by atoms with Crippen LogP contribution >= 0.6 is 11.3 Å². The van der Waals surface area contributed by atoms with Gasteiger partial charge in [0.2, 0.25) is 0 Å². The van der Waals surface area contributed by atoms with Crippen LogP contribution in [0.1, 0.15) is 106 Å². The maximum Gasteiger partial charge on any atom is 0.412 e. The second-order valence-corrected chi connectivity index (χ2v) is 26.9. The number of carbonyl (C=O) groups excluding carboxylic acids is 2. The van der Waals surface area contributed by atoms with Gasteiger partial charge in [-0.25, -0.2) is 4.98 Å². The van der Waals surface area contributed by atoms with E-state index >= 15 is 0 Å². The Labute approximate surface area is 312 Å². The number of carbonyl (C=O) groups is 2. The molecule has 2 unspecified atom stereocenters. The van der Waals surface area contributed by atoms with Gasteiger partial charge in [-0.3, -0.25) is 9.59 Å². The highest BCUT2D eigenvalue weighted by atomic mass is 32.1. The summed E-state index contributed by atoms with van der Waals surface area (Å²) in [6, 6.07) is 2.44. The number of rotatable bonds is 9. The van der Waals surface area contributed by atoms with Crippen molar-refractivity contribution >= 4 is 45.8 Å². The van der Waals surface area contributed by atoms with E-state index in [1.807, 2.05) is 40.0 Å². The molecule has 6 nitrogen and oxygen atoms in total. The molecule has 0 fully saturated rings. The number of ketones is 1. The van der Waals surface area contributed by atoms with Gasteiger partial charge >= 0.3 is 12.1 Å². The van der Waals surface area contributed by atoms with Gasteiger partial charge in [-0.2, -0.15) is 13.2 Å². The molecule has 0 aromatic carbocycles. The van der Waals surface area contributed by atoms with Crippen molar-refractivity contribution in [2.75, 3.05) is 0 Å². The summed E-state index contributed by atoms with van der Waals surface area (Å²) in [7, 11) is -4.79. The number of nitrogens with zero attached hydrogens (tertiary/aromatic N) is 1. The maximum atomic E-state index is 14.8. The Morgan fingerprint density at radius 2 is 1.67 bits per heavy atom. The van der Waals surface area contributed by atoms with Gasteiger partial charge in [0, 0.05) is 28.7 Å². The molecule has 0 saturated carbocycles. The Morgan fingerprint density at radius 3 is 2.16 bits per heavy atom. The largest absolute Gasteiger partial charge is 0.457 e. The highest BCUT2D eigenvalue weighted by Gasteiger charge is 2.49. The Morgan fingerprint density at radius 1 is 1.08 bits per heavy atom. The first-order chi connectivity index (χ1) is 23.3. The molecule has 0 saturated heterocycles. The number of aromatic nitrogens is 1. The Hall–Kier alpha value is -1.87. The third-order valence-electron chi connectivity index (χ3n) is 11.3. The second-order valence-electron chi connectivity index (χ2n) is 16.4. The molecule has 0 bridgehead atoms. The Balaban J connectivity index is 2.81. The Kier molecular flexibility index (Phi) is 16.0. The van der Waals surface area contributed by atoms with E-state index in [0.29, 0.717) is 11.3 Å². The molecule has 0 radical (unpaired) electrons. The third-order valence-corrected chi connectivity index (χ3v) is 21.2. The minimum atomic E-state index is -4.59. The van der Waals surface area contributed by atoms with Gasteiger partial charge < -0.3 is 13.6 Å². The fourth-order valence-electron chi connectivity index (χ4n) is 6.36. The number of halogens is 3. The van der Waals surface area contributed by atoms with Crippen molar-refractivity contribution in [2.24, 2.45) is 17.3 Å². The molecule has 12 heteroatoms. The first kappa shape index (κ1) is 45.3. The van der Waals surface area contributed by atoms with Crippen LogP contribution in [0.25, 0.3) is 6.08 Å². The van der Waals surface area contributed by atoms with Crippen molar-refractivity contribution in [1.29, 1.82) is 0 Å². The average molecular weight is 772 g/mol. The number of hydrogen-bond donors (Lipinski definition) is 0. The van der Waals surface area contributed by atoms with Crippen LogP contribution in [-0.4, -0.2) is 57.9 Å². The van der Waals surface area contributed by atoms with Crippen LogP contribution < -0.4 is 0 Å². The first-order valence-corrected chi connectivity index (χ1v) is 24.8. The number of ether oxygens (including phenoxy) is 1. The number of Topliss-reactive ketones (excluding diaryl/α,β-unsaturated/α-hetero) is 1. The monoisotopic (exact) mass is 771 g/mol. The van der Waals surface area contributed by atoms with E-state index in [1.165, 1.54) is 17.4 Å². The molecule has 1 aromatic rings. The normalized spacial score (nSPS) is 27.1. The van der Waals surface area contributed by atoms with Gasteiger partial charge in [0.1, 0.15) is 11.9 Å². The molecule has 0 aliphatic carbocycles. The summed E-state index contributed by atoms with van der Waals surface area (Å²) in [5, 5.41) is 2.53. The molecule has 0 spiro atoms. The van der Waals surface area contributed by atoms with Crippen molar-refractivity contribution in [1.82, 2.24) is 4.98 Å². The zero-order chi connectivity index (χ0) is 39.2. The van der Waals surface area contributed by atoms with Gasteiger partial charge in [0.05, 0.1) is 29.3 Å². The summed E-state index contributed by atoms with van der Waals surface area (Å²) in [6.07, 6.45) is -1.53. The average Bonchev–Trinajstić information content (AvgIpc) is 3.44. The molecular weight excluding hydrogens is 708 g/mol. The van der Waals surface area contributed by atoms with E-state index in [-0.39, 0.29) is 36.0 Å². The molecule has 2 rings (SSSR count). The van der Waals surface area contributed by atoms with E-state index in [0.717, 1.165) is 29.2 Å². The van der Waals surface area contributed by atoms with Gasteiger partial charge in [0.25, 0.3) is 0 Å². The molecular formula is C39H64F3NO5SSi2. The van der Waals surface area contributed by atoms with Gasteiger partial charge in [-0.05, 0) is 74.1 Å². The van der Waals surface area contributed by atoms with Gasteiger partial charge in [0.15, 0.2) is 16.6 Å². The van der Waals surface area contributed by atoms with Crippen molar-refractivity contribution in [2.45, 2.75) is 163 Å². The molecule has 0 amide bonds. The third kappa shape index (κ3) is 12.1. The SMILES string of the molecule is CC[Si](CC)(CC)O[C@H]1CC(=O)OC(/C(C)=C/c2csc(C)n2)C/C=C(/C(F)(F)F)C/C=C/[C@H](C)[C@H](O[Si](C)(C)C(C)(C)C)C(C)C(=O)C1(C)C. The summed E-state index contributed by atoms with van der Waals surface area (Å²) in [5.74, 6) is -1.73. The topological polar surface area (TPSA) is 74.7 Å².